The molecule has 104 valence electrons. The smallest absolute Gasteiger partial charge is 0.305 e. The van der Waals surface area contributed by atoms with E-state index >= 15 is 0 Å². The van der Waals surface area contributed by atoms with Gasteiger partial charge in [0.2, 0.25) is 5.91 Å². The fourth-order valence-electron chi connectivity index (χ4n) is 2.19. The number of hydrogen-bond donors (Lipinski definition) is 2. The third-order valence-electron chi connectivity index (χ3n) is 3.40. The molecule has 5 nitrogen and oxygen atoms in total. The third kappa shape index (κ3) is 5.49. The van der Waals surface area contributed by atoms with E-state index in [1.165, 1.54) is 12.8 Å². The summed E-state index contributed by atoms with van der Waals surface area (Å²) in [5.74, 6) is -0.771. The number of likely N-dealkylation sites (tertiary alicyclic amines) is 1. The number of hydrogen-bond acceptors (Lipinski definition) is 3. The second kappa shape index (κ2) is 7.36. The molecular weight excluding hydrogens is 232 g/mol. The van der Waals surface area contributed by atoms with Gasteiger partial charge in [0.05, 0.1) is 6.42 Å². The lowest BCUT2D eigenvalue weighted by atomic mass is 10.0. The third-order valence-corrected chi connectivity index (χ3v) is 3.40. The maximum atomic E-state index is 11.8. The summed E-state index contributed by atoms with van der Waals surface area (Å²) in [4.78, 5) is 24.7. The van der Waals surface area contributed by atoms with Gasteiger partial charge in [-0.25, -0.2) is 0 Å². The molecule has 2 N–H and O–H groups in total. The topological polar surface area (TPSA) is 69.6 Å². The molecule has 1 aliphatic rings. The first kappa shape index (κ1) is 15.0. The van der Waals surface area contributed by atoms with Crippen LogP contribution in [0.1, 0.15) is 39.5 Å². The van der Waals surface area contributed by atoms with Crippen molar-refractivity contribution in [2.75, 3.05) is 19.6 Å². The molecule has 1 heterocycles. The lowest BCUT2D eigenvalue weighted by Gasteiger charge is -2.21. The molecule has 0 aromatic heterocycles. The van der Waals surface area contributed by atoms with E-state index in [1.807, 2.05) is 13.8 Å². The number of amides is 1. The van der Waals surface area contributed by atoms with Gasteiger partial charge < -0.3 is 15.3 Å². The first-order valence-electron chi connectivity index (χ1n) is 6.72. The Labute approximate surface area is 109 Å². The normalized spacial score (nSPS) is 17.9. The van der Waals surface area contributed by atoms with Crippen LogP contribution in [0.2, 0.25) is 0 Å². The fourth-order valence-corrected chi connectivity index (χ4v) is 2.19. The van der Waals surface area contributed by atoms with Gasteiger partial charge in [0, 0.05) is 19.0 Å². The van der Waals surface area contributed by atoms with Gasteiger partial charge >= 0.3 is 5.97 Å². The van der Waals surface area contributed by atoms with Crippen molar-refractivity contribution in [2.24, 2.45) is 5.92 Å². The van der Waals surface area contributed by atoms with Gasteiger partial charge in [-0.2, -0.15) is 0 Å². The molecule has 0 aliphatic carbocycles. The molecule has 18 heavy (non-hydrogen) atoms. The van der Waals surface area contributed by atoms with Crippen molar-refractivity contribution < 1.29 is 14.7 Å². The van der Waals surface area contributed by atoms with Gasteiger partial charge in [0.25, 0.3) is 0 Å². The maximum absolute atomic E-state index is 11.8. The van der Waals surface area contributed by atoms with Crippen LogP contribution in [-0.2, 0) is 9.59 Å². The van der Waals surface area contributed by atoms with Gasteiger partial charge in [0.15, 0.2) is 0 Å². The van der Waals surface area contributed by atoms with Gasteiger partial charge in [-0.3, -0.25) is 9.59 Å². The van der Waals surface area contributed by atoms with Crippen LogP contribution in [0.25, 0.3) is 0 Å². The van der Waals surface area contributed by atoms with Crippen molar-refractivity contribution in [3.63, 3.8) is 0 Å². The predicted octanol–water partition coefficient (Wildman–Crippen LogP) is 1.09. The Morgan fingerprint density at radius 1 is 1.28 bits per heavy atom. The van der Waals surface area contributed by atoms with Crippen LogP contribution in [0.3, 0.4) is 0 Å². The van der Waals surface area contributed by atoms with Crippen LogP contribution < -0.4 is 5.32 Å². The van der Waals surface area contributed by atoms with E-state index in [0.29, 0.717) is 6.42 Å². The van der Waals surface area contributed by atoms with Gasteiger partial charge in [-0.15, -0.1) is 0 Å². The molecule has 0 aromatic rings. The Kier molecular flexibility index (Phi) is 6.12. The minimum Gasteiger partial charge on any atom is -0.481 e. The number of nitrogens with zero attached hydrogens (tertiary/aromatic N) is 1. The molecule has 0 bridgehead atoms. The summed E-state index contributed by atoms with van der Waals surface area (Å²) >= 11 is 0. The van der Waals surface area contributed by atoms with Crippen LogP contribution in [0.15, 0.2) is 0 Å². The lowest BCUT2D eigenvalue weighted by molar-refractivity contribution is -0.138. The van der Waals surface area contributed by atoms with Crippen LogP contribution in [0.5, 0.6) is 0 Å². The Hall–Kier alpha value is -1.10. The molecule has 1 aliphatic heterocycles. The second-order valence-corrected chi connectivity index (χ2v) is 5.31. The highest BCUT2D eigenvalue weighted by Crippen LogP contribution is 2.09. The van der Waals surface area contributed by atoms with Crippen LogP contribution in [0, 0.1) is 5.92 Å². The number of carbonyl (C=O) groups is 2. The molecule has 1 fully saturated rings. The minimum absolute atomic E-state index is 0.00682. The monoisotopic (exact) mass is 256 g/mol. The number of carboxylic acids is 1. The highest BCUT2D eigenvalue weighted by molar-refractivity contribution is 5.77. The molecule has 1 saturated heterocycles. The van der Waals surface area contributed by atoms with E-state index in [9.17, 15) is 9.59 Å². The van der Waals surface area contributed by atoms with Crippen molar-refractivity contribution in [2.45, 2.75) is 45.6 Å². The Morgan fingerprint density at radius 2 is 1.89 bits per heavy atom. The highest BCUT2D eigenvalue weighted by Gasteiger charge is 2.20. The van der Waals surface area contributed by atoms with E-state index in [1.54, 1.807) is 0 Å². The Balaban J connectivity index is 2.28. The zero-order valence-corrected chi connectivity index (χ0v) is 11.3. The molecule has 1 rings (SSSR count). The average Bonchev–Trinajstić information content (AvgIpc) is 2.77. The van der Waals surface area contributed by atoms with Crippen molar-refractivity contribution in [1.82, 2.24) is 10.2 Å². The van der Waals surface area contributed by atoms with Crippen LogP contribution in [-0.4, -0.2) is 47.6 Å². The molecule has 1 amide bonds. The number of rotatable bonds is 7. The number of carbonyl (C=O) groups excluding carboxylic acids is 1. The second-order valence-electron chi connectivity index (χ2n) is 5.31. The quantitative estimate of drug-likeness (QED) is 0.715. The number of carboxylic acid groups (broad SMARTS) is 1. The summed E-state index contributed by atoms with van der Waals surface area (Å²) in [5.41, 5.74) is 0. The van der Waals surface area contributed by atoms with Crippen molar-refractivity contribution in [1.29, 1.82) is 0 Å². The van der Waals surface area contributed by atoms with Gasteiger partial charge in [-0.05, 0) is 31.8 Å². The lowest BCUT2D eigenvalue weighted by Crippen LogP contribution is -2.41. The average molecular weight is 256 g/mol. The van der Waals surface area contributed by atoms with Crippen LogP contribution >= 0.6 is 0 Å². The number of aliphatic carboxylic acids is 1. The molecule has 1 unspecified atom stereocenters. The molecule has 0 radical (unpaired) electrons. The standard InChI is InChI=1S/C13H24N2O3/c1-10(2)11(9-13(17)18)14-12(16)5-8-15-6-3-4-7-15/h10-11H,3-9H2,1-2H3,(H,14,16)(H,17,18). The SMILES string of the molecule is CC(C)C(CC(=O)O)NC(=O)CCN1CCCC1. The first-order chi connectivity index (χ1) is 8.49. The fraction of sp³-hybridized carbons (Fsp3) is 0.846. The first-order valence-corrected chi connectivity index (χ1v) is 6.72. The number of nitrogens with one attached hydrogen (secondary N) is 1. The van der Waals surface area contributed by atoms with Crippen LogP contribution in [0.4, 0.5) is 0 Å². The summed E-state index contributed by atoms with van der Waals surface area (Å²) in [6.45, 7) is 6.79. The molecule has 0 aromatic carbocycles. The summed E-state index contributed by atoms with van der Waals surface area (Å²) in [6.07, 6.45) is 2.89. The zero-order chi connectivity index (χ0) is 13.5. The summed E-state index contributed by atoms with van der Waals surface area (Å²) in [5, 5.41) is 11.6. The summed E-state index contributed by atoms with van der Waals surface area (Å²) in [7, 11) is 0. The van der Waals surface area contributed by atoms with E-state index < -0.39 is 5.97 Å². The van der Waals surface area contributed by atoms with Crippen molar-refractivity contribution >= 4 is 11.9 Å². The minimum atomic E-state index is -0.867. The summed E-state index contributed by atoms with van der Waals surface area (Å²) < 4.78 is 0. The predicted molar refractivity (Wildman–Crippen MR) is 69.3 cm³/mol. The Morgan fingerprint density at radius 3 is 2.39 bits per heavy atom. The van der Waals surface area contributed by atoms with Crippen molar-refractivity contribution in [3.8, 4) is 0 Å². The summed E-state index contributed by atoms with van der Waals surface area (Å²) in [6, 6.07) is -0.270. The van der Waals surface area contributed by atoms with Crippen molar-refractivity contribution in [3.05, 3.63) is 0 Å². The van der Waals surface area contributed by atoms with E-state index in [0.717, 1.165) is 19.6 Å². The van der Waals surface area contributed by atoms with E-state index in [4.69, 9.17) is 5.11 Å². The van der Waals surface area contributed by atoms with Gasteiger partial charge in [-0.1, -0.05) is 13.8 Å². The Bertz CT molecular complexity index is 286. The molecule has 1 atom stereocenters. The molecule has 0 spiro atoms. The largest absolute Gasteiger partial charge is 0.481 e. The highest BCUT2D eigenvalue weighted by atomic mass is 16.4. The van der Waals surface area contributed by atoms with E-state index in [-0.39, 0.29) is 24.3 Å². The van der Waals surface area contributed by atoms with Gasteiger partial charge in [0.1, 0.15) is 0 Å². The molecule has 5 heteroatoms. The zero-order valence-electron chi connectivity index (χ0n) is 11.3. The molecular formula is C13H24N2O3. The molecule has 0 saturated carbocycles. The van der Waals surface area contributed by atoms with E-state index in [2.05, 4.69) is 10.2 Å². The maximum Gasteiger partial charge on any atom is 0.305 e.